The molecule has 3 aliphatic rings. The smallest absolute Gasteiger partial charge is 0.272 e. The Labute approximate surface area is 212 Å². The van der Waals surface area contributed by atoms with Crippen LogP contribution in [0.2, 0.25) is 5.15 Å². The Balaban J connectivity index is 1.20. The predicted molar refractivity (Wildman–Crippen MR) is 132 cm³/mol. The van der Waals surface area contributed by atoms with E-state index in [1.807, 2.05) is 0 Å². The highest BCUT2D eigenvalue weighted by Gasteiger charge is 2.59. The molecule has 0 amide bonds. The maximum atomic E-state index is 13.4. The van der Waals surface area contributed by atoms with E-state index in [4.69, 9.17) is 16.3 Å². The number of aliphatic hydroxyl groups excluding tert-OH is 1. The number of ether oxygens (including phenoxy) is 1. The maximum absolute atomic E-state index is 13.4. The van der Waals surface area contributed by atoms with E-state index < -0.39 is 18.1 Å². The first-order valence-electron chi connectivity index (χ1n) is 12.3. The molecular weight excluding hydrogens is 490 g/mol. The Morgan fingerprint density at radius 3 is 2.64 bits per heavy atom. The molecule has 1 aliphatic carbocycles. The number of likely N-dealkylation sites (tertiary alicyclic amines) is 1. The van der Waals surface area contributed by atoms with Crippen molar-refractivity contribution in [2.75, 3.05) is 31.6 Å². The van der Waals surface area contributed by atoms with Gasteiger partial charge in [0.15, 0.2) is 5.15 Å². The summed E-state index contributed by atoms with van der Waals surface area (Å²) in [5.41, 5.74) is 3.35. The second kappa shape index (κ2) is 8.58. The molecule has 2 N–H and O–H groups in total. The first-order valence-corrected chi connectivity index (χ1v) is 12.7. The van der Waals surface area contributed by atoms with Gasteiger partial charge in [0.05, 0.1) is 42.3 Å². The lowest BCUT2D eigenvalue weighted by molar-refractivity contribution is -0.00214. The zero-order chi connectivity index (χ0) is 25.2. The Morgan fingerprint density at radius 2 is 1.97 bits per heavy atom. The number of rotatable bonds is 5. The number of alkyl halides is 2. The minimum Gasteiger partial charge on any atom is -0.389 e. The molecule has 1 saturated carbocycles. The molecule has 6 rings (SSSR count). The molecule has 36 heavy (non-hydrogen) atoms. The molecule has 3 atom stereocenters. The van der Waals surface area contributed by atoms with Gasteiger partial charge in [0.1, 0.15) is 6.04 Å². The van der Waals surface area contributed by atoms with Crippen molar-refractivity contribution in [3.8, 4) is 0 Å². The zero-order valence-corrected chi connectivity index (χ0v) is 21.0. The number of benzene rings is 1. The SMILES string of the molecule is Cc1cc2cnc(Nc3cnn(C4CC4(F)F)c3Cl)nc2cc1C1CCN(C2(C)COC[C@@H]2O)CC1. The van der Waals surface area contributed by atoms with Crippen molar-refractivity contribution in [3.05, 3.63) is 40.8 Å². The number of nitrogens with zero attached hydrogens (tertiary/aromatic N) is 5. The fourth-order valence-corrected chi connectivity index (χ4v) is 5.86. The number of aromatic nitrogens is 4. The van der Waals surface area contributed by atoms with Gasteiger partial charge >= 0.3 is 0 Å². The molecule has 0 bridgehead atoms. The molecular formula is C25H29ClF2N6O2. The van der Waals surface area contributed by atoms with Crippen LogP contribution in [-0.2, 0) is 4.74 Å². The van der Waals surface area contributed by atoms with Crippen LogP contribution < -0.4 is 5.32 Å². The molecule has 8 nitrogen and oxygen atoms in total. The number of hydrogen-bond acceptors (Lipinski definition) is 7. The summed E-state index contributed by atoms with van der Waals surface area (Å²) >= 11 is 6.30. The van der Waals surface area contributed by atoms with Crippen LogP contribution in [0.4, 0.5) is 20.4 Å². The number of fused-ring (bicyclic) bond motifs is 1. The number of piperidine rings is 1. The zero-order valence-electron chi connectivity index (χ0n) is 20.2. The summed E-state index contributed by atoms with van der Waals surface area (Å²) in [4.78, 5) is 11.4. The van der Waals surface area contributed by atoms with Crippen LogP contribution in [0.25, 0.3) is 10.9 Å². The van der Waals surface area contributed by atoms with Crippen LogP contribution in [-0.4, -0.2) is 73.6 Å². The van der Waals surface area contributed by atoms with E-state index in [2.05, 4.69) is 51.3 Å². The molecule has 0 spiro atoms. The summed E-state index contributed by atoms with van der Waals surface area (Å²) < 4.78 is 33.6. The lowest BCUT2D eigenvalue weighted by Crippen LogP contribution is -2.56. The van der Waals surface area contributed by atoms with E-state index in [9.17, 15) is 13.9 Å². The monoisotopic (exact) mass is 518 g/mol. The number of halogens is 3. The number of hydrogen-bond donors (Lipinski definition) is 2. The second-order valence-electron chi connectivity index (χ2n) is 10.5. The first kappa shape index (κ1) is 24.0. The quantitative estimate of drug-likeness (QED) is 0.516. The van der Waals surface area contributed by atoms with Gasteiger partial charge in [-0.2, -0.15) is 5.10 Å². The van der Waals surface area contributed by atoms with Crippen molar-refractivity contribution >= 4 is 34.1 Å². The van der Waals surface area contributed by atoms with Gasteiger partial charge in [0, 0.05) is 18.0 Å². The molecule has 2 aromatic heterocycles. The van der Waals surface area contributed by atoms with E-state index in [1.54, 1.807) is 6.20 Å². The largest absolute Gasteiger partial charge is 0.389 e. The van der Waals surface area contributed by atoms with Crippen molar-refractivity contribution in [2.45, 2.75) is 62.6 Å². The summed E-state index contributed by atoms with van der Waals surface area (Å²) in [7, 11) is 0. The maximum Gasteiger partial charge on any atom is 0.272 e. The van der Waals surface area contributed by atoms with Gasteiger partial charge < -0.3 is 15.2 Å². The van der Waals surface area contributed by atoms with Gasteiger partial charge in [0.25, 0.3) is 5.92 Å². The summed E-state index contributed by atoms with van der Waals surface area (Å²) in [5.74, 6) is -2.04. The van der Waals surface area contributed by atoms with Gasteiger partial charge in [-0.1, -0.05) is 11.6 Å². The third kappa shape index (κ3) is 4.04. The molecule has 11 heteroatoms. The Kier molecular flexibility index (Phi) is 5.71. The summed E-state index contributed by atoms with van der Waals surface area (Å²) in [6.07, 6.45) is 4.44. The molecule has 2 unspecified atom stereocenters. The number of aryl methyl sites for hydroxylation is 1. The lowest BCUT2D eigenvalue weighted by atomic mass is 9.84. The van der Waals surface area contributed by atoms with Crippen LogP contribution in [0.3, 0.4) is 0 Å². The van der Waals surface area contributed by atoms with Crippen LogP contribution in [0.1, 0.15) is 49.3 Å². The van der Waals surface area contributed by atoms with Crippen molar-refractivity contribution in [1.29, 1.82) is 0 Å². The summed E-state index contributed by atoms with van der Waals surface area (Å²) in [5, 5.41) is 18.5. The normalized spacial score (nSPS) is 28.6. The fourth-order valence-electron chi connectivity index (χ4n) is 5.60. The number of aliphatic hydroxyl groups is 1. The predicted octanol–water partition coefficient (Wildman–Crippen LogP) is 4.44. The molecule has 4 heterocycles. The minimum atomic E-state index is -2.76. The molecule has 3 aromatic rings. The minimum absolute atomic E-state index is 0.115. The first-order chi connectivity index (χ1) is 17.2. The van der Waals surface area contributed by atoms with E-state index in [0.717, 1.165) is 41.5 Å². The topological polar surface area (TPSA) is 88.3 Å². The van der Waals surface area contributed by atoms with Crippen LogP contribution >= 0.6 is 11.6 Å². The van der Waals surface area contributed by atoms with E-state index >= 15 is 0 Å². The summed E-state index contributed by atoms with van der Waals surface area (Å²) in [6.45, 7) is 6.97. The van der Waals surface area contributed by atoms with Gasteiger partial charge in [-0.25, -0.2) is 23.4 Å². The van der Waals surface area contributed by atoms with Crippen molar-refractivity contribution in [2.24, 2.45) is 0 Å². The van der Waals surface area contributed by atoms with Gasteiger partial charge in [-0.15, -0.1) is 0 Å². The highest BCUT2D eigenvalue weighted by atomic mass is 35.5. The van der Waals surface area contributed by atoms with E-state index in [-0.39, 0.29) is 17.1 Å². The Bertz CT molecular complexity index is 1310. The second-order valence-corrected chi connectivity index (χ2v) is 10.9. The average Bonchev–Trinajstić information content (AvgIpc) is 3.13. The molecule has 2 saturated heterocycles. The van der Waals surface area contributed by atoms with Crippen LogP contribution in [0.15, 0.2) is 24.5 Å². The lowest BCUT2D eigenvalue weighted by Gasteiger charge is -2.43. The molecule has 2 aliphatic heterocycles. The third-order valence-corrected chi connectivity index (χ3v) is 8.46. The average molecular weight is 519 g/mol. The highest BCUT2D eigenvalue weighted by Crippen LogP contribution is 2.53. The standard InChI is InChI=1S/C25H29ClF2N6O2/c1-14-7-16-10-29-23(32-19-11-30-34(22(19)26)20-9-25(20,27)28)31-18(16)8-17(14)15-3-5-33(6-4-15)24(2)13-36-12-21(24)35/h7-8,10-11,15,20-21,35H,3-6,9,12-13H2,1-2H3,(H,29,31,32)/t20?,21-,24?/m0/s1. The van der Waals surface area contributed by atoms with Crippen molar-refractivity contribution in [3.63, 3.8) is 0 Å². The molecule has 1 aromatic carbocycles. The Hall–Kier alpha value is -2.40. The third-order valence-electron chi connectivity index (χ3n) is 8.08. The van der Waals surface area contributed by atoms with Crippen molar-refractivity contribution < 1.29 is 18.6 Å². The summed E-state index contributed by atoms with van der Waals surface area (Å²) in [6, 6.07) is 3.24. The van der Waals surface area contributed by atoms with Crippen LogP contribution in [0.5, 0.6) is 0 Å². The molecule has 3 fully saturated rings. The van der Waals surface area contributed by atoms with Crippen LogP contribution in [0, 0.1) is 6.92 Å². The number of anilines is 2. The number of nitrogens with one attached hydrogen (secondary N) is 1. The van der Waals surface area contributed by atoms with E-state index in [1.165, 1.54) is 17.3 Å². The molecule has 0 radical (unpaired) electrons. The van der Waals surface area contributed by atoms with Gasteiger partial charge in [0.2, 0.25) is 5.95 Å². The van der Waals surface area contributed by atoms with Gasteiger partial charge in [-0.05, 0) is 69.0 Å². The van der Waals surface area contributed by atoms with Gasteiger partial charge in [-0.3, -0.25) is 4.90 Å². The Morgan fingerprint density at radius 1 is 1.22 bits per heavy atom. The molecule has 192 valence electrons. The fraction of sp³-hybridized carbons (Fsp3) is 0.560. The highest BCUT2D eigenvalue weighted by molar-refractivity contribution is 6.32. The van der Waals surface area contributed by atoms with Crippen molar-refractivity contribution in [1.82, 2.24) is 24.6 Å². The van der Waals surface area contributed by atoms with E-state index in [0.29, 0.717) is 30.8 Å².